The molecule has 0 saturated heterocycles. The maximum absolute atomic E-state index is 12.2. The first-order chi connectivity index (χ1) is 13.0. The van der Waals surface area contributed by atoms with Gasteiger partial charge in [0, 0.05) is 0 Å². The standard InChI is InChI=1S/C15H26N4O8S/c1-7(15(26)27)17-13(24)9(5-11(21)22)18-14(25)10(6-20)19-12(23)8(16)3-4-28-2/h7-10,20H,3-6,16H2,1-2H3,(H,17,24)(H,18,25)(H,19,23)(H,21,22)(H,26,27). The number of carbonyl (C=O) groups is 5. The summed E-state index contributed by atoms with van der Waals surface area (Å²) in [5, 5.41) is 33.4. The number of thioether (sulfide) groups is 1. The third kappa shape index (κ3) is 9.53. The number of hydrogen-bond acceptors (Lipinski definition) is 8. The molecule has 0 radical (unpaired) electrons. The highest BCUT2D eigenvalue weighted by Gasteiger charge is 2.30. The fourth-order valence-corrected chi connectivity index (χ4v) is 2.37. The van der Waals surface area contributed by atoms with Crippen molar-refractivity contribution < 1.29 is 39.3 Å². The molecule has 0 aromatic carbocycles. The highest BCUT2D eigenvalue weighted by molar-refractivity contribution is 7.98. The predicted molar refractivity (Wildman–Crippen MR) is 99.4 cm³/mol. The van der Waals surface area contributed by atoms with Gasteiger partial charge in [-0.3, -0.25) is 24.0 Å². The molecule has 4 unspecified atom stereocenters. The zero-order chi connectivity index (χ0) is 21.9. The highest BCUT2D eigenvalue weighted by atomic mass is 32.2. The molecule has 0 aliphatic heterocycles. The number of aliphatic hydroxyl groups is 1. The third-order valence-corrected chi connectivity index (χ3v) is 4.17. The van der Waals surface area contributed by atoms with E-state index >= 15 is 0 Å². The van der Waals surface area contributed by atoms with Gasteiger partial charge in [0.15, 0.2) is 0 Å². The predicted octanol–water partition coefficient (Wildman–Crippen LogP) is -2.91. The largest absolute Gasteiger partial charge is 0.481 e. The van der Waals surface area contributed by atoms with Crippen LogP contribution in [0.25, 0.3) is 0 Å². The molecule has 0 fully saturated rings. The molecule has 8 N–H and O–H groups in total. The summed E-state index contributed by atoms with van der Waals surface area (Å²) in [4.78, 5) is 58.0. The molecular weight excluding hydrogens is 396 g/mol. The van der Waals surface area contributed by atoms with E-state index in [2.05, 4.69) is 10.6 Å². The van der Waals surface area contributed by atoms with Crippen molar-refractivity contribution in [1.29, 1.82) is 0 Å². The van der Waals surface area contributed by atoms with Crippen LogP contribution in [0.5, 0.6) is 0 Å². The van der Waals surface area contributed by atoms with E-state index in [1.54, 1.807) is 0 Å². The van der Waals surface area contributed by atoms with Crippen LogP contribution in [0.4, 0.5) is 0 Å². The van der Waals surface area contributed by atoms with E-state index < -0.39 is 66.9 Å². The molecule has 0 saturated carbocycles. The minimum absolute atomic E-state index is 0.337. The van der Waals surface area contributed by atoms with Gasteiger partial charge in [0.25, 0.3) is 0 Å². The molecule has 0 aliphatic carbocycles. The fraction of sp³-hybridized carbons (Fsp3) is 0.667. The summed E-state index contributed by atoms with van der Waals surface area (Å²) in [6, 6.07) is -5.30. The second-order valence-electron chi connectivity index (χ2n) is 5.86. The zero-order valence-electron chi connectivity index (χ0n) is 15.5. The SMILES string of the molecule is CSCCC(N)C(=O)NC(CO)C(=O)NC(CC(=O)O)C(=O)NC(C)C(=O)O. The van der Waals surface area contributed by atoms with Gasteiger partial charge in [-0.2, -0.15) is 11.8 Å². The number of nitrogens with two attached hydrogens (primary N) is 1. The minimum Gasteiger partial charge on any atom is -0.481 e. The number of amides is 3. The summed E-state index contributed by atoms with van der Waals surface area (Å²) in [7, 11) is 0. The van der Waals surface area contributed by atoms with Gasteiger partial charge >= 0.3 is 11.9 Å². The van der Waals surface area contributed by atoms with E-state index in [1.807, 2.05) is 11.6 Å². The van der Waals surface area contributed by atoms with Crippen molar-refractivity contribution in [3.8, 4) is 0 Å². The molecule has 0 heterocycles. The topological polar surface area (TPSA) is 208 Å². The van der Waals surface area contributed by atoms with E-state index in [0.29, 0.717) is 12.2 Å². The average molecular weight is 422 g/mol. The van der Waals surface area contributed by atoms with Crippen molar-refractivity contribution in [2.75, 3.05) is 18.6 Å². The zero-order valence-corrected chi connectivity index (χ0v) is 16.3. The lowest BCUT2D eigenvalue weighted by Gasteiger charge is -2.23. The van der Waals surface area contributed by atoms with Crippen LogP contribution in [-0.4, -0.2) is 87.8 Å². The van der Waals surface area contributed by atoms with Crippen molar-refractivity contribution >= 4 is 41.4 Å². The monoisotopic (exact) mass is 422 g/mol. The minimum atomic E-state index is -1.61. The summed E-state index contributed by atoms with van der Waals surface area (Å²) in [6.07, 6.45) is 1.33. The number of carbonyl (C=O) groups excluding carboxylic acids is 3. The summed E-state index contributed by atoms with van der Waals surface area (Å²) < 4.78 is 0. The van der Waals surface area contributed by atoms with E-state index in [0.717, 1.165) is 6.92 Å². The second kappa shape index (κ2) is 12.9. The summed E-state index contributed by atoms with van der Waals surface area (Å²) in [5.41, 5.74) is 5.67. The lowest BCUT2D eigenvalue weighted by Crippen LogP contribution is -2.58. The molecule has 4 atom stereocenters. The average Bonchev–Trinajstić information content (AvgIpc) is 2.62. The van der Waals surface area contributed by atoms with Crippen molar-refractivity contribution in [3.05, 3.63) is 0 Å². The molecule has 13 heteroatoms. The molecule has 3 amide bonds. The number of carboxylic acids is 2. The van der Waals surface area contributed by atoms with Crippen LogP contribution in [0, 0.1) is 0 Å². The molecule has 0 bridgehead atoms. The van der Waals surface area contributed by atoms with Gasteiger partial charge in [0.05, 0.1) is 19.1 Å². The summed E-state index contributed by atoms with van der Waals surface area (Å²) in [6.45, 7) is 0.340. The number of carboxylic acid groups (broad SMARTS) is 2. The molecule has 0 rings (SSSR count). The third-order valence-electron chi connectivity index (χ3n) is 3.53. The lowest BCUT2D eigenvalue weighted by atomic mass is 10.1. The van der Waals surface area contributed by atoms with E-state index in [9.17, 15) is 29.1 Å². The van der Waals surface area contributed by atoms with Gasteiger partial charge in [-0.25, -0.2) is 0 Å². The van der Waals surface area contributed by atoms with Crippen molar-refractivity contribution in [2.24, 2.45) is 5.73 Å². The van der Waals surface area contributed by atoms with Crippen LogP contribution in [0.2, 0.25) is 0 Å². The Bertz CT molecular complexity index is 588. The number of hydrogen-bond donors (Lipinski definition) is 7. The molecule has 0 aromatic heterocycles. The molecule has 0 aliphatic rings. The summed E-state index contributed by atoms with van der Waals surface area (Å²) in [5.74, 6) is -4.92. The van der Waals surface area contributed by atoms with Gasteiger partial charge < -0.3 is 37.0 Å². The Morgan fingerprint density at radius 2 is 1.50 bits per heavy atom. The van der Waals surface area contributed by atoms with E-state index in [1.165, 1.54) is 11.8 Å². The van der Waals surface area contributed by atoms with E-state index in [-0.39, 0.29) is 0 Å². The maximum atomic E-state index is 12.2. The molecular formula is C15H26N4O8S. The van der Waals surface area contributed by atoms with Gasteiger partial charge in [-0.1, -0.05) is 0 Å². The molecule has 12 nitrogen and oxygen atoms in total. The summed E-state index contributed by atoms with van der Waals surface area (Å²) >= 11 is 1.47. The van der Waals surface area contributed by atoms with Crippen molar-refractivity contribution in [3.63, 3.8) is 0 Å². The van der Waals surface area contributed by atoms with Gasteiger partial charge in [-0.15, -0.1) is 0 Å². The number of aliphatic hydroxyl groups excluding tert-OH is 1. The van der Waals surface area contributed by atoms with Crippen LogP contribution in [0.15, 0.2) is 0 Å². The maximum Gasteiger partial charge on any atom is 0.325 e. The normalized spacial score (nSPS) is 14.9. The first-order valence-corrected chi connectivity index (χ1v) is 9.63. The van der Waals surface area contributed by atoms with Crippen LogP contribution in [0.1, 0.15) is 19.8 Å². The molecule has 28 heavy (non-hydrogen) atoms. The second-order valence-corrected chi connectivity index (χ2v) is 6.84. The van der Waals surface area contributed by atoms with Crippen LogP contribution in [0.3, 0.4) is 0 Å². The highest BCUT2D eigenvalue weighted by Crippen LogP contribution is 2.00. The lowest BCUT2D eigenvalue weighted by molar-refractivity contribution is -0.143. The smallest absolute Gasteiger partial charge is 0.325 e. The Balaban J connectivity index is 5.05. The first-order valence-electron chi connectivity index (χ1n) is 8.24. The van der Waals surface area contributed by atoms with E-state index in [4.69, 9.17) is 15.9 Å². The Hall–Kier alpha value is -2.38. The fourth-order valence-electron chi connectivity index (χ4n) is 1.88. The molecule has 160 valence electrons. The number of nitrogens with one attached hydrogen (secondary N) is 3. The Morgan fingerprint density at radius 1 is 0.964 bits per heavy atom. The van der Waals surface area contributed by atoms with Gasteiger partial charge in [-0.05, 0) is 25.4 Å². The van der Waals surface area contributed by atoms with Gasteiger partial charge in [0.2, 0.25) is 17.7 Å². The molecule has 0 aromatic rings. The van der Waals surface area contributed by atoms with Crippen LogP contribution < -0.4 is 21.7 Å². The first kappa shape index (κ1) is 25.6. The number of rotatable bonds is 13. The van der Waals surface area contributed by atoms with Gasteiger partial charge in [0.1, 0.15) is 18.1 Å². The van der Waals surface area contributed by atoms with Crippen LogP contribution in [-0.2, 0) is 24.0 Å². The van der Waals surface area contributed by atoms with Crippen molar-refractivity contribution in [2.45, 2.75) is 43.9 Å². The quantitative estimate of drug-likeness (QED) is 0.161. The molecule has 0 spiro atoms. The van der Waals surface area contributed by atoms with Crippen molar-refractivity contribution in [1.82, 2.24) is 16.0 Å². The Morgan fingerprint density at radius 3 is 1.96 bits per heavy atom. The Labute approximate surface area is 165 Å². The number of aliphatic carboxylic acids is 2. The van der Waals surface area contributed by atoms with Crippen LogP contribution >= 0.6 is 11.8 Å². The Kier molecular flexibility index (Phi) is 11.8.